The number of hydrogen-bond donors (Lipinski definition) is 1. The second-order valence-electron chi connectivity index (χ2n) is 4.79. The molecule has 16 heavy (non-hydrogen) atoms. The highest BCUT2D eigenvalue weighted by Gasteiger charge is 2.06. The summed E-state index contributed by atoms with van der Waals surface area (Å²) in [5.74, 6) is 1.31. The lowest BCUT2D eigenvalue weighted by Crippen LogP contribution is -2.39. The Labute approximate surface area is 101 Å². The van der Waals surface area contributed by atoms with Crippen molar-refractivity contribution in [2.45, 2.75) is 53.4 Å². The molecule has 0 fully saturated rings. The SMILES string of the molecule is CCCCN(CCCC)C(N)=NCC(C)C. The minimum absolute atomic E-state index is 0.581. The summed E-state index contributed by atoms with van der Waals surface area (Å²) in [6, 6.07) is 0. The van der Waals surface area contributed by atoms with Crippen LogP contribution < -0.4 is 5.73 Å². The molecule has 0 radical (unpaired) electrons. The maximum absolute atomic E-state index is 6.02. The molecule has 0 rings (SSSR count). The van der Waals surface area contributed by atoms with Gasteiger partial charge >= 0.3 is 0 Å². The third-order valence-electron chi connectivity index (χ3n) is 2.51. The molecule has 0 aliphatic carbocycles. The first-order chi connectivity index (χ1) is 7.61. The maximum atomic E-state index is 6.02. The lowest BCUT2D eigenvalue weighted by atomic mass is 10.2. The third-order valence-corrected chi connectivity index (χ3v) is 2.51. The molecule has 0 aromatic rings. The van der Waals surface area contributed by atoms with Crippen LogP contribution in [0.5, 0.6) is 0 Å². The fourth-order valence-electron chi connectivity index (χ4n) is 1.41. The van der Waals surface area contributed by atoms with E-state index in [0.717, 1.165) is 25.6 Å². The minimum Gasteiger partial charge on any atom is -0.370 e. The second kappa shape index (κ2) is 9.49. The van der Waals surface area contributed by atoms with E-state index in [-0.39, 0.29) is 0 Å². The lowest BCUT2D eigenvalue weighted by molar-refractivity contribution is 0.392. The van der Waals surface area contributed by atoms with Crippen LogP contribution in [0.1, 0.15) is 53.4 Å². The predicted molar refractivity (Wildman–Crippen MR) is 72.7 cm³/mol. The number of aliphatic imine (C=N–C) groups is 1. The molecule has 0 heterocycles. The van der Waals surface area contributed by atoms with Crippen molar-refractivity contribution in [3.8, 4) is 0 Å². The molecule has 3 nitrogen and oxygen atoms in total. The molecule has 0 amide bonds. The molecule has 0 saturated carbocycles. The van der Waals surface area contributed by atoms with Crippen molar-refractivity contribution in [3.63, 3.8) is 0 Å². The smallest absolute Gasteiger partial charge is 0.191 e. The van der Waals surface area contributed by atoms with E-state index in [9.17, 15) is 0 Å². The Hall–Kier alpha value is -0.730. The topological polar surface area (TPSA) is 41.6 Å². The summed E-state index contributed by atoms with van der Waals surface area (Å²) in [5, 5.41) is 0. The average molecular weight is 227 g/mol. The molecule has 0 aromatic carbocycles. The first-order valence-corrected chi connectivity index (χ1v) is 6.66. The largest absolute Gasteiger partial charge is 0.370 e. The Kier molecular flexibility index (Phi) is 9.06. The standard InChI is InChI=1S/C13H29N3/c1-5-7-9-16(10-8-6-2)13(14)15-11-12(3)4/h12H,5-11H2,1-4H3,(H2,14,15). The van der Waals surface area contributed by atoms with Gasteiger partial charge in [-0.05, 0) is 18.8 Å². The van der Waals surface area contributed by atoms with Crippen LogP contribution in [0.3, 0.4) is 0 Å². The molecule has 2 N–H and O–H groups in total. The molecule has 0 bridgehead atoms. The van der Waals surface area contributed by atoms with Crippen molar-refractivity contribution in [1.29, 1.82) is 0 Å². The lowest BCUT2D eigenvalue weighted by Gasteiger charge is -2.23. The Morgan fingerprint density at radius 1 is 1.12 bits per heavy atom. The van der Waals surface area contributed by atoms with Crippen molar-refractivity contribution >= 4 is 5.96 Å². The van der Waals surface area contributed by atoms with Gasteiger partial charge in [0.15, 0.2) is 5.96 Å². The number of hydrogen-bond acceptors (Lipinski definition) is 1. The Bertz CT molecular complexity index is 180. The van der Waals surface area contributed by atoms with Crippen LogP contribution in [0.4, 0.5) is 0 Å². The van der Waals surface area contributed by atoms with Crippen molar-refractivity contribution in [3.05, 3.63) is 0 Å². The number of nitrogens with zero attached hydrogens (tertiary/aromatic N) is 2. The molecular weight excluding hydrogens is 198 g/mol. The van der Waals surface area contributed by atoms with E-state index in [4.69, 9.17) is 5.73 Å². The van der Waals surface area contributed by atoms with Crippen molar-refractivity contribution in [2.24, 2.45) is 16.6 Å². The minimum atomic E-state index is 0.581. The van der Waals surface area contributed by atoms with Crippen LogP contribution in [-0.4, -0.2) is 30.5 Å². The quantitative estimate of drug-likeness (QED) is 0.512. The molecule has 0 spiro atoms. The van der Waals surface area contributed by atoms with E-state index in [1.54, 1.807) is 0 Å². The summed E-state index contributed by atoms with van der Waals surface area (Å²) in [5.41, 5.74) is 6.02. The van der Waals surface area contributed by atoms with Crippen molar-refractivity contribution < 1.29 is 0 Å². The zero-order valence-electron chi connectivity index (χ0n) is 11.5. The summed E-state index contributed by atoms with van der Waals surface area (Å²) < 4.78 is 0. The fraction of sp³-hybridized carbons (Fsp3) is 0.923. The number of unbranched alkanes of at least 4 members (excludes halogenated alkanes) is 2. The van der Waals surface area contributed by atoms with Gasteiger partial charge in [0.25, 0.3) is 0 Å². The summed E-state index contributed by atoms with van der Waals surface area (Å²) >= 11 is 0. The molecule has 0 unspecified atom stereocenters. The van der Waals surface area contributed by atoms with Gasteiger partial charge in [0, 0.05) is 19.6 Å². The van der Waals surface area contributed by atoms with Gasteiger partial charge in [-0.3, -0.25) is 4.99 Å². The van der Waals surface area contributed by atoms with Crippen LogP contribution in [0, 0.1) is 5.92 Å². The summed E-state index contributed by atoms with van der Waals surface area (Å²) in [4.78, 5) is 6.68. The molecule has 0 aliphatic heterocycles. The highest BCUT2D eigenvalue weighted by atomic mass is 15.2. The van der Waals surface area contributed by atoms with E-state index in [1.165, 1.54) is 25.7 Å². The summed E-state index contributed by atoms with van der Waals surface area (Å²) in [7, 11) is 0. The monoisotopic (exact) mass is 227 g/mol. The Morgan fingerprint density at radius 3 is 2.00 bits per heavy atom. The maximum Gasteiger partial charge on any atom is 0.191 e. The van der Waals surface area contributed by atoms with Crippen LogP contribution >= 0.6 is 0 Å². The summed E-state index contributed by atoms with van der Waals surface area (Å²) in [6.45, 7) is 11.7. The van der Waals surface area contributed by atoms with E-state index < -0.39 is 0 Å². The molecule has 3 heteroatoms. The first-order valence-electron chi connectivity index (χ1n) is 6.66. The van der Waals surface area contributed by atoms with E-state index in [2.05, 4.69) is 37.6 Å². The first kappa shape index (κ1) is 15.3. The van der Waals surface area contributed by atoms with Gasteiger partial charge in [0.05, 0.1) is 0 Å². The molecule has 0 saturated heterocycles. The van der Waals surface area contributed by atoms with Gasteiger partial charge < -0.3 is 10.6 Å². The van der Waals surface area contributed by atoms with Crippen molar-refractivity contribution in [1.82, 2.24) is 4.90 Å². The van der Waals surface area contributed by atoms with Crippen LogP contribution in [0.25, 0.3) is 0 Å². The molecule has 0 atom stereocenters. The van der Waals surface area contributed by atoms with Gasteiger partial charge in [-0.2, -0.15) is 0 Å². The van der Waals surface area contributed by atoms with Crippen LogP contribution in [-0.2, 0) is 0 Å². The van der Waals surface area contributed by atoms with Gasteiger partial charge in [-0.25, -0.2) is 0 Å². The van der Waals surface area contributed by atoms with Crippen LogP contribution in [0.2, 0.25) is 0 Å². The van der Waals surface area contributed by atoms with E-state index >= 15 is 0 Å². The number of rotatable bonds is 8. The highest BCUT2D eigenvalue weighted by Crippen LogP contribution is 2.00. The predicted octanol–water partition coefficient (Wildman–Crippen LogP) is 2.86. The Morgan fingerprint density at radius 2 is 1.62 bits per heavy atom. The molecule has 0 aromatic heterocycles. The fourth-order valence-corrected chi connectivity index (χ4v) is 1.41. The van der Waals surface area contributed by atoms with Crippen LogP contribution in [0.15, 0.2) is 4.99 Å². The molecular formula is C13H29N3. The van der Waals surface area contributed by atoms with E-state index in [1.807, 2.05) is 0 Å². The van der Waals surface area contributed by atoms with Crippen molar-refractivity contribution in [2.75, 3.05) is 19.6 Å². The normalized spacial score (nSPS) is 12.2. The molecule has 96 valence electrons. The zero-order chi connectivity index (χ0) is 12.4. The Balaban J connectivity index is 4.17. The van der Waals surface area contributed by atoms with Gasteiger partial charge in [-0.15, -0.1) is 0 Å². The summed E-state index contributed by atoms with van der Waals surface area (Å²) in [6.07, 6.45) is 4.81. The highest BCUT2D eigenvalue weighted by molar-refractivity contribution is 5.78. The second-order valence-corrected chi connectivity index (χ2v) is 4.79. The average Bonchev–Trinajstić information content (AvgIpc) is 2.26. The van der Waals surface area contributed by atoms with Gasteiger partial charge in [-0.1, -0.05) is 40.5 Å². The molecule has 0 aliphatic rings. The third kappa shape index (κ3) is 7.55. The van der Waals surface area contributed by atoms with Gasteiger partial charge in [0.2, 0.25) is 0 Å². The van der Waals surface area contributed by atoms with E-state index in [0.29, 0.717) is 5.92 Å². The zero-order valence-corrected chi connectivity index (χ0v) is 11.5. The van der Waals surface area contributed by atoms with Gasteiger partial charge in [0.1, 0.15) is 0 Å². The number of guanidine groups is 1. The number of nitrogens with two attached hydrogens (primary N) is 1.